The minimum absolute atomic E-state index is 0.00170. The van der Waals surface area contributed by atoms with Crippen LogP contribution in [0.5, 0.6) is 5.75 Å². The summed E-state index contributed by atoms with van der Waals surface area (Å²) < 4.78 is 5.86. The van der Waals surface area contributed by atoms with Gasteiger partial charge in [-0.3, -0.25) is 9.69 Å². The Kier molecular flexibility index (Phi) is 4.77. The highest BCUT2D eigenvalue weighted by Crippen LogP contribution is 2.33. The average Bonchev–Trinajstić information content (AvgIpc) is 2.47. The number of amides is 2. The van der Waals surface area contributed by atoms with Gasteiger partial charge in [-0.05, 0) is 24.0 Å². The fourth-order valence-electron chi connectivity index (χ4n) is 2.61. The SMILES string of the molecule is CNC(=O)c1ccc(O[C@H]2CN(C(=O)O)[C@@H]2CC(C)(C)C)cn1. The molecule has 7 nitrogen and oxygen atoms in total. The van der Waals surface area contributed by atoms with E-state index >= 15 is 0 Å². The van der Waals surface area contributed by atoms with Gasteiger partial charge in [0.2, 0.25) is 0 Å². The number of ether oxygens (including phenoxy) is 1. The van der Waals surface area contributed by atoms with E-state index in [0.29, 0.717) is 24.4 Å². The molecule has 1 aromatic heterocycles. The largest absolute Gasteiger partial charge is 0.485 e. The summed E-state index contributed by atoms with van der Waals surface area (Å²) in [5.74, 6) is 0.273. The summed E-state index contributed by atoms with van der Waals surface area (Å²) in [6.07, 6.45) is 1.08. The van der Waals surface area contributed by atoms with E-state index in [1.165, 1.54) is 11.1 Å². The van der Waals surface area contributed by atoms with Crippen LogP contribution in [0.3, 0.4) is 0 Å². The molecule has 0 aliphatic carbocycles. The molecule has 2 rings (SSSR count). The van der Waals surface area contributed by atoms with Crippen LogP contribution in [0.4, 0.5) is 4.79 Å². The molecule has 1 saturated heterocycles. The Bertz CT molecular complexity index is 580. The summed E-state index contributed by atoms with van der Waals surface area (Å²) in [4.78, 5) is 28.1. The molecule has 2 N–H and O–H groups in total. The Morgan fingerprint density at radius 1 is 1.43 bits per heavy atom. The Labute approximate surface area is 135 Å². The molecule has 1 fully saturated rings. The van der Waals surface area contributed by atoms with Crippen LogP contribution in [-0.4, -0.2) is 52.7 Å². The number of nitrogens with zero attached hydrogens (tertiary/aromatic N) is 2. The van der Waals surface area contributed by atoms with Gasteiger partial charge in [0.25, 0.3) is 5.91 Å². The van der Waals surface area contributed by atoms with Crippen LogP contribution in [-0.2, 0) is 0 Å². The van der Waals surface area contributed by atoms with E-state index in [0.717, 1.165) is 0 Å². The number of carboxylic acid groups (broad SMARTS) is 1. The van der Waals surface area contributed by atoms with Crippen molar-refractivity contribution in [3.05, 3.63) is 24.0 Å². The van der Waals surface area contributed by atoms with Gasteiger partial charge in [0, 0.05) is 7.05 Å². The van der Waals surface area contributed by atoms with Crippen molar-refractivity contribution in [1.29, 1.82) is 0 Å². The van der Waals surface area contributed by atoms with Gasteiger partial charge in [-0.15, -0.1) is 0 Å². The maximum atomic E-state index is 11.5. The van der Waals surface area contributed by atoms with Crippen molar-refractivity contribution in [2.75, 3.05) is 13.6 Å². The van der Waals surface area contributed by atoms with E-state index < -0.39 is 6.09 Å². The van der Waals surface area contributed by atoms with Crippen molar-refractivity contribution in [2.24, 2.45) is 5.41 Å². The monoisotopic (exact) mass is 321 g/mol. The summed E-state index contributed by atoms with van der Waals surface area (Å²) in [5, 5.41) is 11.7. The molecule has 23 heavy (non-hydrogen) atoms. The third-order valence-corrected chi connectivity index (χ3v) is 3.76. The second kappa shape index (κ2) is 6.44. The van der Waals surface area contributed by atoms with Crippen molar-refractivity contribution in [2.45, 2.75) is 39.3 Å². The molecule has 126 valence electrons. The first-order valence-electron chi connectivity index (χ1n) is 7.55. The van der Waals surface area contributed by atoms with Gasteiger partial charge in [-0.1, -0.05) is 20.8 Å². The Morgan fingerprint density at radius 2 is 2.13 bits per heavy atom. The van der Waals surface area contributed by atoms with Crippen LogP contribution in [0, 0.1) is 5.41 Å². The average molecular weight is 321 g/mol. The number of rotatable bonds is 4. The number of likely N-dealkylation sites (tertiary alicyclic amines) is 1. The predicted molar refractivity (Wildman–Crippen MR) is 84.6 cm³/mol. The van der Waals surface area contributed by atoms with Crippen LogP contribution in [0.1, 0.15) is 37.7 Å². The van der Waals surface area contributed by atoms with Crippen LogP contribution >= 0.6 is 0 Å². The standard InChI is InChI=1S/C16H23N3O4/c1-16(2,3)7-12-13(9-19(12)15(21)22)23-10-5-6-11(18-8-10)14(20)17-4/h5-6,8,12-13H,7,9H2,1-4H3,(H,17,20)(H,21,22)/t12-,13+/m1/s1. The smallest absolute Gasteiger partial charge is 0.407 e. The van der Waals surface area contributed by atoms with E-state index in [4.69, 9.17) is 4.74 Å². The summed E-state index contributed by atoms with van der Waals surface area (Å²) in [6.45, 7) is 6.56. The van der Waals surface area contributed by atoms with Gasteiger partial charge in [0.15, 0.2) is 0 Å². The second-order valence-electron chi connectivity index (χ2n) is 6.88. The van der Waals surface area contributed by atoms with Crippen LogP contribution in [0.2, 0.25) is 0 Å². The van der Waals surface area contributed by atoms with Crippen molar-refractivity contribution in [3.63, 3.8) is 0 Å². The second-order valence-corrected chi connectivity index (χ2v) is 6.88. The lowest BCUT2D eigenvalue weighted by Gasteiger charge is -2.48. The molecule has 1 aliphatic rings. The Balaban J connectivity index is 2.04. The van der Waals surface area contributed by atoms with Crippen molar-refractivity contribution >= 4 is 12.0 Å². The molecular weight excluding hydrogens is 298 g/mol. The fourth-order valence-corrected chi connectivity index (χ4v) is 2.61. The maximum absolute atomic E-state index is 11.5. The number of hydrogen-bond donors (Lipinski definition) is 2. The number of hydrogen-bond acceptors (Lipinski definition) is 4. The normalized spacial score (nSPS) is 20.6. The Morgan fingerprint density at radius 3 is 2.61 bits per heavy atom. The van der Waals surface area contributed by atoms with E-state index in [9.17, 15) is 14.7 Å². The van der Waals surface area contributed by atoms with E-state index in [2.05, 4.69) is 31.1 Å². The summed E-state index contributed by atoms with van der Waals surface area (Å²) in [6, 6.07) is 3.08. The molecule has 0 aromatic carbocycles. The number of pyridine rings is 1. The third kappa shape index (κ3) is 4.12. The fraction of sp³-hybridized carbons (Fsp3) is 0.562. The van der Waals surface area contributed by atoms with E-state index in [1.54, 1.807) is 19.2 Å². The maximum Gasteiger partial charge on any atom is 0.407 e. The summed E-state index contributed by atoms with van der Waals surface area (Å²) in [7, 11) is 1.54. The highest BCUT2D eigenvalue weighted by Gasteiger charge is 2.45. The number of carbonyl (C=O) groups excluding carboxylic acids is 1. The van der Waals surface area contributed by atoms with Crippen molar-refractivity contribution < 1.29 is 19.4 Å². The first kappa shape index (κ1) is 17.1. The highest BCUT2D eigenvalue weighted by atomic mass is 16.5. The van der Waals surface area contributed by atoms with Gasteiger partial charge in [-0.25, -0.2) is 9.78 Å². The van der Waals surface area contributed by atoms with Crippen LogP contribution in [0.15, 0.2) is 18.3 Å². The highest BCUT2D eigenvalue weighted by molar-refractivity contribution is 5.91. The van der Waals surface area contributed by atoms with Gasteiger partial charge in [0.05, 0.1) is 18.8 Å². The van der Waals surface area contributed by atoms with E-state index in [-0.39, 0.29) is 23.5 Å². The van der Waals surface area contributed by atoms with Gasteiger partial charge >= 0.3 is 6.09 Å². The van der Waals surface area contributed by atoms with E-state index in [1.807, 2.05) is 0 Å². The zero-order chi connectivity index (χ0) is 17.2. The minimum Gasteiger partial charge on any atom is -0.485 e. The predicted octanol–water partition coefficient (Wildman–Crippen LogP) is 1.99. The summed E-state index contributed by atoms with van der Waals surface area (Å²) >= 11 is 0. The molecule has 1 aromatic rings. The molecule has 2 atom stereocenters. The lowest BCUT2D eigenvalue weighted by molar-refractivity contribution is -0.0467. The molecule has 2 heterocycles. The first-order valence-corrected chi connectivity index (χ1v) is 7.55. The molecule has 0 saturated carbocycles. The molecule has 0 spiro atoms. The molecule has 2 amide bonds. The quantitative estimate of drug-likeness (QED) is 0.885. The molecule has 0 bridgehead atoms. The van der Waals surface area contributed by atoms with Crippen LogP contribution < -0.4 is 10.1 Å². The minimum atomic E-state index is -0.924. The first-order chi connectivity index (χ1) is 10.7. The number of aromatic nitrogens is 1. The van der Waals surface area contributed by atoms with Crippen LogP contribution in [0.25, 0.3) is 0 Å². The lowest BCUT2D eigenvalue weighted by atomic mass is 9.82. The summed E-state index contributed by atoms with van der Waals surface area (Å²) in [5.41, 5.74) is 0.314. The number of nitrogens with one attached hydrogen (secondary N) is 1. The van der Waals surface area contributed by atoms with Gasteiger partial charge < -0.3 is 15.2 Å². The molecule has 1 aliphatic heterocycles. The molecule has 0 unspecified atom stereocenters. The van der Waals surface area contributed by atoms with Gasteiger partial charge in [0.1, 0.15) is 17.5 Å². The van der Waals surface area contributed by atoms with Crippen molar-refractivity contribution in [3.8, 4) is 5.75 Å². The molecule has 0 radical (unpaired) electrons. The zero-order valence-electron chi connectivity index (χ0n) is 13.9. The lowest BCUT2D eigenvalue weighted by Crippen LogP contribution is -2.64. The van der Waals surface area contributed by atoms with Gasteiger partial charge in [-0.2, -0.15) is 0 Å². The number of carbonyl (C=O) groups is 2. The third-order valence-electron chi connectivity index (χ3n) is 3.76. The molecule has 7 heteroatoms. The Hall–Kier alpha value is -2.31. The van der Waals surface area contributed by atoms with Crippen molar-refractivity contribution in [1.82, 2.24) is 15.2 Å². The molecular formula is C16H23N3O4. The topological polar surface area (TPSA) is 91.8 Å². The zero-order valence-corrected chi connectivity index (χ0v) is 13.9.